The quantitative estimate of drug-likeness (QED) is 0.779. The second-order valence-electron chi connectivity index (χ2n) is 6.46. The maximum atomic E-state index is 12.3. The first-order valence-electron chi connectivity index (χ1n) is 8.68. The molecule has 2 aromatic rings. The van der Waals surface area contributed by atoms with Crippen LogP contribution < -0.4 is 4.90 Å². The number of nitrogens with zero attached hydrogens (tertiary/aromatic N) is 2. The summed E-state index contributed by atoms with van der Waals surface area (Å²) in [6.07, 6.45) is 0. The van der Waals surface area contributed by atoms with Crippen molar-refractivity contribution in [2.24, 2.45) is 0 Å². The van der Waals surface area contributed by atoms with Crippen LogP contribution in [0.15, 0.2) is 42.5 Å². The van der Waals surface area contributed by atoms with Gasteiger partial charge in [-0.25, -0.2) is 4.39 Å². The zero-order chi connectivity index (χ0) is 18.4. The molecule has 0 bridgehead atoms. The number of carbonyl (C=O) groups excluding carboxylic acids is 1. The summed E-state index contributed by atoms with van der Waals surface area (Å²) in [6, 6.07) is 13.1. The Morgan fingerprint density at radius 1 is 0.880 bits per heavy atom. The summed E-state index contributed by atoms with van der Waals surface area (Å²) in [5.74, 6) is 0.0538. The average molecular weight is 342 g/mol. The van der Waals surface area contributed by atoms with E-state index in [9.17, 15) is 9.18 Å². The highest BCUT2D eigenvalue weighted by molar-refractivity contribution is 5.73. The van der Waals surface area contributed by atoms with E-state index in [1.807, 2.05) is 11.0 Å². The minimum absolute atomic E-state index is 0.132. The van der Waals surface area contributed by atoms with Crippen molar-refractivity contribution in [1.82, 2.24) is 4.90 Å². The number of benzene rings is 2. The Hall–Kier alpha value is -2.36. The Labute approximate surface area is 150 Å². The van der Waals surface area contributed by atoms with E-state index in [2.05, 4.69) is 36.9 Å². The molecule has 2 aromatic carbocycles. The topological polar surface area (TPSA) is 23.6 Å². The van der Waals surface area contributed by atoms with Crippen molar-refractivity contribution in [1.29, 1.82) is 0 Å². The fourth-order valence-electron chi connectivity index (χ4n) is 2.89. The lowest BCUT2D eigenvalue weighted by molar-refractivity contribution is -0.129. The average Bonchev–Trinajstić information content (AvgIpc) is 2.61. The van der Waals surface area contributed by atoms with Gasteiger partial charge in [-0.3, -0.25) is 4.79 Å². The van der Waals surface area contributed by atoms with E-state index in [0.29, 0.717) is 5.56 Å². The van der Waals surface area contributed by atoms with Gasteiger partial charge in [0.25, 0.3) is 0 Å². The molecule has 1 saturated heterocycles. The molecule has 134 valence electrons. The zero-order valence-corrected chi connectivity index (χ0v) is 15.6. The molecule has 0 unspecified atom stereocenters. The van der Waals surface area contributed by atoms with Gasteiger partial charge < -0.3 is 9.80 Å². The SMILES string of the molecule is CC(=O)N1CCN(c2cccc(C)c2C)CC1.Cc1ccccc1F. The van der Waals surface area contributed by atoms with Crippen LogP contribution in [0.2, 0.25) is 0 Å². The molecule has 3 nitrogen and oxygen atoms in total. The Morgan fingerprint density at radius 2 is 1.48 bits per heavy atom. The molecular weight excluding hydrogens is 315 g/mol. The molecule has 0 atom stereocenters. The van der Waals surface area contributed by atoms with Crippen molar-refractivity contribution >= 4 is 11.6 Å². The smallest absolute Gasteiger partial charge is 0.219 e. The Morgan fingerprint density at radius 3 is 2.00 bits per heavy atom. The first-order valence-corrected chi connectivity index (χ1v) is 8.68. The third-order valence-electron chi connectivity index (χ3n) is 4.72. The van der Waals surface area contributed by atoms with Gasteiger partial charge in [0, 0.05) is 38.8 Å². The van der Waals surface area contributed by atoms with E-state index in [1.54, 1.807) is 26.0 Å². The number of hydrogen-bond donors (Lipinski definition) is 0. The molecular formula is C21H27FN2O. The fourth-order valence-corrected chi connectivity index (χ4v) is 2.89. The van der Waals surface area contributed by atoms with Gasteiger partial charge in [0.15, 0.2) is 0 Å². The lowest BCUT2D eigenvalue weighted by Crippen LogP contribution is -2.48. The predicted molar refractivity (Wildman–Crippen MR) is 102 cm³/mol. The van der Waals surface area contributed by atoms with E-state index < -0.39 is 0 Å². The minimum atomic E-state index is -0.132. The number of hydrogen-bond acceptors (Lipinski definition) is 2. The van der Waals surface area contributed by atoms with Gasteiger partial charge in [0.05, 0.1) is 0 Å². The summed E-state index contributed by atoms with van der Waals surface area (Å²) in [6.45, 7) is 11.2. The van der Waals surface area contributed by atoms with Crippen LogP contribution >= 0.6 is 0 Å². The highest BCUT2D eigenvalue weighted by Gasteiger charge is 2.19. The third-order valence-corrected chi connectivity index (χ3v) is 4.72. The number of anilines is 1. The molecule has 4 heteroatoms. The van der Waals surface area contributed by atoms with Crippen LogP contribution in [0.4, 0.5) is 10.1 Å². The summed E-state index contributed by atoms with van der Waals surface area (Å²) in [5.41, 5.74) is 4.70. The molecule has 0 N–H and O–H groups in total. The molecule has 1 fully saturated rings. The summed E-state index contributed by atoms with van der Waals surface area (Å²) in [4.78, 5) is 15.6. The van der Waals surface area contributed by atoms with Gasteiger partial charge in [-0.05, 0) is 49.6 Å². The molecule has 0 aromatic heterocycles. The molecule has 1 aliphatic heterocycles. The van der Waals surface area contributed by atoms with Crippen molar-refractivity contribution in [3.05, 3.63) is 65.0 Å². The fraction of sp³-hybridized carbons (Fsp3) is 0.381. The van der Waals surface area contributed by atoms with Crippen molar-refractivity contribution < 1.29 is 9.18 Å². The van der Waals surface area contributed by atoms with E-state index in [0.717, 1.165) is 26.2 Å². The number of rotatable bonds is 1. The van der Waals surface area contributed by atoms with E-state index in [-0.39, 0.29) is 11.7 Å². The number of amides is 1. The largest absolute Gasteiger partial charge is 0.368 e. The number of piperazine rings is 1. The number of halogens is 1. The summed E-state index contributed by atoms with van der Waals surface area (Å²) in [5, 5.41) is 0. The molecule has 1 amide bonds. The monoisotopic (exact) mass is 342 g/mol. The van der Waals surface area contributed by atoms with Crippen molar-refractivity contribution in [3.63, 3.8) is 0 Å². The molecule has 0 radical (unpaired) electrons. The van der Waals surface area contributed by atoms with Gasteiger partial charge in [-0.15, -0.1) is 0 Å². The standard InChI is InChI=1S/C14H20N2O.C7H7F/c1-11-5-4-6-14(12(11)2)16-9-7-15(8-10-16)13(3)17;1-6-4-2-3-5-7(6)8/h4-6H,7-10H2,1-3H3;2-5H,1H3. The van der Waals surface area contributed by atoms with Crippen molar-refractivity contribution in [3.8, 4) is 0 Å². The van der Waals surface area contributed by atoms with Crippen LogP contribution in [0.3, 0.4) is 0 Å². The molecule has 0 spiro atoms. The van der Waals surface area contributed by atoms with Crippen LogP contribution in [-0.2, 0) is 4.79 Å². The second kappa shape index (κ2) is 8.65. The molecule has 0 saturated carbocycles. The minimum Gasteiger partial charge on any atom is -0.368 e. The maximum Gasteiger partial charge on any atom is 0.219 e. The first-order chi connectivity index (χ1) is 11.9. The van der Waals surface area contributed by atoms with Gasteiger partial charge >= 0.3 is 0 Å². The van der Waals surface area contributed by atoms with E-state index in [1.165, 1.54) is 22.9 Å². The highest BCUT2D eigenvalue weighted by atomic mass is 19.1. The normalized spacial score (nSPS) is 14.0. The van der Waals surface area contributed by atoms with Crippen LogP contribution in [-0.4, -0.2) is 37.0 Å². The molecule has 3 rings (SSSR count). The third kappa shape index (κ3) is 5.05. The van der Waals surface area contributed by atoms with Gasteiger partial charge in [-0.2, -0.15) is 0 Å². The van der Waals surface area contributed by atoms with Crippen molar-refractivity contribution in [2.45, 2.75) is 27.7 Å². The van der Waals surface area contributed by atoms with Gasteiger partial charge in [0.2, 0.25) is 5.91 Å². The lowest BCUT2D eigenvalue weighted by atomic mass is 10.1. The van der Waals surface area contributed by atoms with E-state index in [4.69, 9.17) is 0 Å². The summed E-state index contributed by atoms with van der Waals surface area (Å²) in [7, 11) is 0. The molecule has 1 aliphatic rings. The van der Waals surface area contributed by atoms with Crippen LogP contribution in [0.5, 0.6) is 0 Å². The number of carbonyl (C=O) groups is 1. The maximum absolute atomic E-state index is 12.3. The summed E-state index contributed by atoms with van der Waals surface area (Å²) < 4.78 is 12.3. The molecule has 0 aliphatic carbocycles. The van der Waals surface area contributed by atoms with E-state index >= 15 is 0 Å². The Bertz CT molecular complexity index is 701. The van der Waals surface area contributed by atoms with Crippen LogP contribution in [0.25, 0.3) is 0 Å². The molecule has 25 heavy (non-hydrogen) atoms. The predicted octanol–water partition coefficient (Wildman–Crippen LogP) is 4.11. The Balaban J connectivity index is 0.000000236. The van der Waals surface area contributed by atoms with Gasteiger partial charge in [-0.1, -0.05) is 30.3 Å². The zero-order valence-electron chi connectivity index (χ0n) is 15.6. The second-order valence-corrected chi connectivity index (χ2v) is 6.46. The number of aryl methyl sites for hydroxylation is 2. The Kier molecular flexibility index (Phi) is 6.57. The highest BCUT2D eigenvalue weighted by Crippen LogP contribution is 2.23. The van der Waals surface area contributed by atoms with Crippen LogP contribution in [0, 0.1) is 26.6 Å². The summed E-state index contributed by atoms with van der Waals surface area (Å²) >= 11 is 0. The first kappa shape index (κ1) is 19.0. The van der Waals surface area contributed by atoms with Crippen LogP contribution in [0.1, 0.15) is 23.6 Å². The van der Waals surface area contributed by atoms with Gasteiger partial charge in [0.1, 0.15) is 5.82 Å². The lowest BCUT2D eigenvalue weighted by Gasteiger charge is -2.36. The molecule has 1 heterocycles. The van der Waals surface area contributed by atoms with Crippen molar-refractivity contribution in [2.75, 3.05) is 31.1 Å².